The highest BCUT2D eigenvalue weighted by Crippen LogP contribution is 2.38. The van der Waals surface area contributed by atoms with Crippen molar-refractivity contribution in [3.63, 3.8) is 0 Å². The second-order valence-electron chi connectivity index (χ2n) is 8.33. The number of carbonyl (C=O) groups is 2. The predicted octanol–water partition coefficient (Wildman–Crippen LogP) is 2.59. The molecule has 3 atom stereocenters. The summed E-state index contributed by atoms with van der Waals surface area (Å²) in [6, 6.07) is 7.98. The maximum absolute atomic E-state index is 13.9. The fourth-order valence-corrected chi connectivity index (χ4v) is 6.94. The first-order valence-corrected chi connectivity index (χ1v) is 12.5. The zero-order chi connectivity index (χ0) is 23.8. The Kier molecular flexibility index (Phi) is 6.56. The average Bonchev–Trinajstić information content (AvgIpc) is 2.86. The molecular formula is C23H25ClN4O4S. The highest BCUT2D eigenvalue weighted by molar-refractivity contribution is 7.89. The van der Waals surface area contributed by atoms with Crippen LogP contribution in [0, 0.1) is 5.92 Å². The van der Waals surface area contributed by atoms with E-state index in [1.54, 1.807) is 23.2 Å². The average molecular weight is 489 g/mol. The first-order valence-electron chi connectivity index (χ1n) is 10.7. The van der Waals surface area contributed by atoms with Crippen molar-refractivity contribution < 1.29 is 18.0 Å². The number of hydrogen-bond acceptors (Lipinski definition) is 5. The lowest BCUT2D eigenvalue weighted by Gasteiger charge is -2.40. The van der Waals surface area contributed by atoms with E-state index in [0.29, 0.717) is 19.4 Å². The van der Waals surface area contributed by atoms with Gasteiger partial charge in [0.25, 0.3) is 0 Å². The van der Waals surface area contributed by atoms with Gasteiger partial charge in [0.05, 0.1) is 17.1 Å². The summed E-state index contributed by atoms with van der Waals surface area (Å²) in [6.45, 7) is 4.55. The van der Waals surface area contributed by atoms with Gasteiger partial charge in [0, 0.05) is 35.3 Å². The molecule has 3 heterocycles. The molecule has 0 aliphatic carbocycles. The Morgan fingerprint density at radius 3 is 2.73 bits per heavy atom. The number of nitrogens with two attached hydrogens (primary N) is 1. The maximum atomic E-state index is 13.9. The van der Waals surface area contributed by atoms with Gasteiger partial charge < -0.3 is 10.6 Å². The standard InChI is InChI=1S/C23H25ClN4O4S/c1-2-15-13-27(14-18-6-3-4-9-26-18)23(30)21-8-5-7-20(15)28(21)33(31,32)19-11-16(22(25)29)10-17(24)12-19/h2-4,6,9-12,15,20-21H,1,5,7-8,13-14H2,(H2,25,29)/t15-,20?,21?/m0/s1. The third kappa shape index (κ3) is 4.53. The molecule has 1 aromatic heterocycles. The molecular weight excluding hydrogens is 464 g/mol. The minimum Gasteiger partial charge on any atom is -0.366 e. The number of piperidine rings is 1. The second-order valence-corrected chi connectivity index (χ2v) is 10.6. The number of fused-ring (bicyclic) bond motifs is 2. The number of primary amides is 1. The number of nitrogens with zero attached hydrogens (tertiary/aromatic N) is 3. The van der Waals surface area contributed by atoms with Crippen LogP contribution in [-0.4, -0.2) is 53.0 Å². The van der Waals surface area contributed by atoms with Gasteiger partial charge >= 0.3 is 0 Å². The number of rotatable bonds is 6. The van der Waals surface area contributed by atoms with E-state index in [0.717, 1.165) is 12.1 Å². The summed E-state index contributed by atoms with van der Waals surface area (Å²) in [5, 5.41) is 0.0771. The lowest BCUT2D eigenvalue weighted by Crippen LogP contribution is -2.54. The molecule has 2 unspecified atom stereocenters. The molecule has 4 rings (SSSR count). The zero-order valence-electron chi connectivity index (χ0n) is 17.9. The number of sulfonamides is 1. The smallest absolute Gasteiger partial charge is 0.248 e. The van der Waals surface area contributed by atoms with Crippen molar-refractivity contribution in [1.82, 2.24) is 14.2 Å². The number of benzene rings is 1. The molecule has 2 aliphatic rings. The molecule has 1 aromatic carbocycles. The summed E-state index contributed by atoms with van der Waals surface area (Å²) in [6.07, 6.45) is 5.09. The van der Waals surface area contributed by atoms with Gasteiger partial charge in [-0.25, -0.2) is 8.42 Å². The Hall–Kier alpha value is -2.75. The van der Waals surface area contributed by atoms with Gasteiger partial charge in [-0.15, -0.1) is 6.58 Å². The molecule has 2 bridgehead atoms. The van der Waals surface area contributed by atoms with Crippen LogP contribution >= 0.6 is 11.6 Å². The Morgan fingerprint density at radius 2 is 2.06 bits per heavy atom. The van der Waals surface area contributed by atoms with Crippen LogP contribution in [0.5, 0.6) is 0 Å². The molecule has 2 saturated heterocycles. The molecule has 2 fully saturated rings. The van der Waals surface area contributed by atoms with Crippen molar-refractivity contribution in [2.45, 2.75) is 42.8 Å². The van der Waals surface area contributed by atoms with Crippen LogP contribution in [0.3, 0.4) is 0 Å². The van der Waals surface area contributed by atoms with E-state index in [9.17, 15) is 18.0 Å². The summed E-state index contributed by atoms with van der Waals surface area (Å²) >= 11 is 6.10. The van der Waals surface area contributed by atoms with E-state index in [2.05, 4.69) is 11.6 Å². The summed E-state index contributed by atoms with van der Waals surface area (Å²) in [4.78, 5) is 31.1. The number of pyridine rings is 1. The Morgan fingerprint density at radius 1 is 1.27 bits per heavy atom. The highest BCUT2D eigenvalue weighted by atomic mass is 35.5. The zero-order valence-corrected chi connectivity index (χ0v) is 19.5. The quantitative estimate of drug-likeness (QED) is 0.628. The van der Waals surface area contributed by atoms with Crippen LogP contribution in [0.4, 0.5) is 0 Å². The van der Waals surface area contributed by atoms with Crippen LogP contribution in [0.25, 0.3) is 0 Å². The summed E-state index contributed by atoms with van der Waals surface area (Å²) in [5.74, 6) is -1.32. The SMILES string of the molecule is C=C[C@H]1CN(Cc2ccccn2)C(=O)C2CCCC1N2S(=O)(=O)c1cc(Cl)cc(C(N)=O)c1. The summed E-state index contributed by atoms with van der Waals surface area (Å²) in [7, 11) is -4.17. The molecule has 33 heavy (non-hydrogen) atoms. The molecule has 2 aliphatic heterocycles. The van der Waals surface area contributed by atoms with Gasteiger partial charge in [0.1, 0.15) is 6.04 Å². The van der Waals surface area contributed by atoms with Crippen LogP contribution in [-0.2, 0) is 21.4 Å². The molecule has 0 saturated carbocycles. The van der Waals surface area contributed by atoms with Gasteiger partial charge in [0.2, 0.25) is 21.8 Å². The lowest BCUT2D eigenvalue weighted by molar-refractivity contribution is -0.135. The van der Waals surface area contributed by atoms with Crippen molar-refractivity contribution in [2.24, 2.45) is 11.7 Å². The van der Waals surface area contributed by atoms with Gasteiger partial charge in [-0.2, -0.15) is 4.31 Å². The van der Waals surface area contributed by atoms with Crippen LogP contribution in [0.15, 0.2) is 60.1 Å². The van der Waals surface area contributed by atoms with Crippen molar-refractivity contribution in [1.29, 1.82) is 0 Å². The normalized spacial score (nSPS) is 23.7. The number of amides is 2. The number of halogens is 1. The molecule has 10 heteroatoms. The molecule has 0 radical (unpaired) electrons. The number of hydrogen-bond donors (Lipinski definition) is 1. The monoisotopic (exact) mass is 488 g/mol. The van der Waals surface area contributed by atoms with E-state index in [4.69, 9.17) is 17.3 Å². The van der Waals surface area contributed by atoms with Crippen molar-refractivity contribution in [3.05, 3.63) is 71.5 Å². The summed E-state index contributed by atoms with van der Waals surface area (Å²) in [5.41, 5.74) is 6.07. The van der Waals surface area contributed by atoms with Gasteiger partial charge in [-0.1, -0.05) is 23.7 Å². The van der Waals surface area contributed by atoms with Crippen molar-refractivity contribution >= 4 is 33.4 Å². The Bertz CT molecular complexity index is 1190. The second kappa shape index (κ2) is 9.24. The third-order valence-corrected chi connectivity index (χ3v) is 8.38. The largest absolute Gasteiger partial charge is 0.366 e. The molecule has 174 valence electrons. The van der Waals surface area contributed by atoms with Crippen molar-refractivity contribution in [2.75, 3.05) is 6.54 Å². The number of aromatic nitrogens is 1. The molecule has 2 aromatic rings. The fourth-order valence-electron chi connectivity index (χ4n) is 4.70. The molecule has 0 spiro atoms. The molecule has 8 nitrogen and oxygen atoms in total. The van der Waals surface area contributed by atoms with E-state index < -0.39 is 28.0 Å². The third-order valence-electron chi connectivity index (χ3n) is 6.25. The minimum atomic E-state index is -4.17. The number of carbonyl (C=O) groups excluding carboxylic acids is 2. The van der Waals surface area contributed by atoms with Crippen LogP contribution in [0.1, 0.15) is 35.3 Å². The topological polar surface area (TPSA) is 114 Å². The van der Waals surface area contributed by atoms with Crippen LogP contribution in [0.2, 0.25) is 5.02 Å². The van der Waals surface area contributed by atoms with E-state index in [1.807, 2.05) is 12.1 Å². The maximum Gasteiger partial charge on any atom is 0.248 e. The van der Waals surface area contributed by atoms with Gasteiger partial charge in [0.15, 0.2) is 0 Å². The molecule has 2 N–H and O–H groups in total. The summed E-state index contributed by atoms with van der Waals surface area (Å²) < 4.78 is 29.0. The van der Waals surface area contributed by atoms with Gasteiger partial charge in [-0.3, -0.25) is 14.6 Å². The fraction of sp³-hybridized carbons (Fsp3) is 0.348. The first-order chi connectivity index (χ1) is 15.7. The highest BCUT2D eigenvalue weighted by Gasteiger charge is 2.49. The van der Waals surface area contributed by atoms with E-state index >= 15 is 0 Å². The van der Waals surface area contributed by atoms with E-state index in [-0.39, 0.29) is 33.9 Å². The lowest BCUT2D eigenvalue weighted by atomic mass is 9.90. The van der Waals surface area contributed by atoms with E-state index in [1.165, 1.54) is 22.5 Å². The minimum absolute atomic E-state index is 0.00979. The molecule has 2 amide bonds. The Labute approximate surface area is 198 Å². The first kappa shape index (κ1) is 23.4. The predicted molar refractivity (Wildman–Crippen MR) is 124 cm³/mol. The van der Waals surface area contributed by atoms with Crippen LogP contribution < -0.4 is 5.73 Å². The van der Waals surface area contributed by atoms with Crippen molar-refractivity contribution in [3.8, 4) is 0 Å². The Balaban J connectivity index is 1.77. The van der Waals surface area contributed by atoms with Gasteiger partial charge in [-0.05, 0) is 49.6 Å².